The van der Waals surface area contributed by atoms with Gasteiger partial charge < -0.3 is 8.98 Å². The lowest BCUT2D eigenvalue weighted by atomic mass is 10.1. The Hall–Kier alpha value is -2.37. The van der Waals surface area contributed by atoms with E-state index in [4.69, 9.17) is 4.42 Å². The molecule has 0 aliphatic rings. The SMILES string of the molecule is Cc1cc(C(=O)c2cn(C)c(=O)n(C)c2=O)c(C)o1. The van der Waals surface area contributed by atoms with Crippen molar-refractivity contribution >= 4 is 5.78 Å². The fourth-order valence-corrected chi connectivity index (χ4v) is 1.97. The number of nitrogens with zero attached hydrogens (tertiary/aromatic N) is 2. The second-order valence-corrected chi connectivity index (χ2v) is 4.46. The smallest absolute Gasteiger partial charge is 0.330 e. The number of aryl methyl sites for hydroxylation is 3. The lowest BCUT2D eigenvalue weighted by molar-refractivity contribution is 0.103. The van der Waals surface area contributed by atoms with Gasteiger partial charge in [0.05, 0.1) is 5.56 Å². The lowest BCUT2D eigenvalue weighted by Gasteiger charge is -2.05. The summed E-state index contributed by atoms with van der Waals surface area (Å²) in [6.45, 7) is 3.38. The van der Waals surface area contributed by atoms with Crippen molar-refractivity contribution in [3.05, 3.63) is 55.7 Å². The predicted octanol–water partition coefficient (Wildman–Crippen LogP) is 0.525. The molecule has 6 nitrogen and oxygen atoms in total. The second-order valence-electron chi connectivity index (χ2n) is 4.46. The van der Waals surface area contributed by atoms with Crippen LogP contribution >= 0.6 is 0 Å². The zero-order valence-corrected chi connectivity index (χ0v) is 11.2. The Morgan fingerprint density at radius 3 is 2.32 bits per heavy atom. The van der Waals surface area contributed by atoms with Crippen LogP contribution in [-0.2, 0) is 14.1 Å². The number of furan rings is 1. The number of ketones is 1. The highest BCUT2D eigenvalue weighted by Gasteiger charge is 2.20. The molecule has 0 unspecified atom stereocenters. The van der Waals surface area contributed by atoms with Gasteiger partial charge in [-0.3, -0.25) is 14.2 Å². The molecule has 19 heavy (non-hydrogen) atoms. The van der Waals surface area contributed by atoms with Crippen molar-refractivity contribution < 1.29 is 9.21 Å². The Morgan fingerprint density at radius 1 is 1.16 bits per heavy atom. The van der Waals surface area contributed by atoms with E-state index in [1.54, 1.807) is 19.9 Å². The molecule has 0 aliphatic heterocycles. The van der Waals surface area contributed by atoms with E-state index in [0.29, 0.717) is 17.1 Å². The average molecular weight is 262 g/mol. The van der Waals surface area contributed by atoms with Gasteiger partial charge in [-0.2, -0.15) is 0 Å². The molecule has 0 aromatic carbocycles. The minimum Gasteiger partial charge on any atom is -0.466 e. The van der Waals surface area contributed by atoms with E-state index < -0.39 is 17.0 Å². The molecule has 0 fully saturated rings. The van der Waals surface area contributed by atoms with Crippen LogP contribution in [0, 0.1) is 13.8 Å². The van der Waals surface area contributed by atoms with Crippen LogP contribution in [0.4, 0.5) is 0 Å². The first-order valence-corrected chi connectivity index (χ1v) is 5.71. The van der Waals surface area contributed by atoms with E-state index in [9.17, 15) is 14.4 Å². The summed E-state index contributed by atoms with van der Waals surface area (Å²) in [7, 11) is 2.83. The third-order valence-corrected chi connectivity index (χ3v) is 2.98. The van der Waals surface area contributed by atoms with Crippen molar-refractivity contribution in [2.24, 2.45) is 14.1 Å². The summed E-state index contributed by atoms with van der Waals surface area (Å²) < 4.78 is 7.40. The van der Waals surface area contributed by atoms with Gasteiger partial charge in [0.1, 0.15) is 17.1 Å². The van der Waals surface area contributed by atoms with Gasteiger partial charge in [0, 0.05) is 20.3 Å². The van der Waals surface area contributed by atoms with Crippen molar-refractivity contribution in [3.8, 4) is 0 Å². The average Bonchev–Trinajstić information content (AvgIpc) is 2.69. The molecule has 0 bridgehead atoms. The lowest BCUT2D eigenvalue weighted by Crippen LogP contribution is -2.39. The molecule has 2 aromatic heterocycles. The van der Waals surface area contributed by atoms with Crippen LogP contribution in [0.3, 0.4) is 0 Å². The first-order chi connectivity index (χ1) is 8.82. The van der Waals surface area contributed by atoms with E-state index in [1.807, 2.05) is 0 Å². The maximum absolute atomic E-state index is 12.3. The third kappa shape index (κ3) is 2.05. The molecule has 2 rings (SSSR count). The minimum absolute atomic E-state index is 0.0477. The van der Waals surface area contributed by atoms with Gasteiger partial charge in [0.25, 0.3) is 5.56 Å². The normalized spacial score (nSPS) is 10.7. The van der Waals surface area contributed by atoms with Crippen molar-refractivity contribution in [3.63, 3.8) is 0 Å². The molecule has 2 aromatic rings. The second kappa shape index (κ2) is 4.38. The Morgan fingerprint density at radius 2 is 1.79 bits per heavy atom. The quantitative estimate of drug-likeness (QED) is 0.740. The summed E-state index contributed by atoms with van der Waals surface area (Å²) in [4.78, 5) is 35.9. The zero-order valence-electron chi connectivity index (χ0n) is 11.2. The molecular weight excluding hydrogens is 248 g/mol. The van der Waals surface area contributed by atoms with Gasteiger partial charge >= 0.3 is 5.69 Å². The van der Waals surface area contributed by atoms with Gasteiger partial charge in [0.15, 0.2) is 0 Å². The highest BCUT2D eigenvalue weighted by Crippen LogP contribution is 2.16. The Balaban J connectivity index is 2.67. The summed E-state index contributed by atoms with van der Waals surface area (Å²) in [6, 6.07) is 1.59. The Kier molecular flexibility index (Phi) is 3.01. The van der Waals surface area contributed by atoms with Crippen molar-refractivity contribution in [1.82, 2.24) is 9.13 Å². The highest BCUT2D eigenvalue weighted by molar-refractivity contribution is 6.09. The monoisotopic (exact) mass is 262 g/mol. The van der Waals surface area contributed by atoms with Gasteiger partial charge in [0.2, 0.25) is 5.78 Å². The number of hydrogen-bond donors (Lipinski definition) is 0. The molecule has 0 saturated heterocycles. The molecule has 2 heterocycles. The van der Waals surface area contributed by atoms with E-state index in [-0.39, 0.29) is 5.56 Å². The summed E-state index contributed by atoms with van der Waals surface area (Å²) >= 11 is 0. The molecule has 0 spiro atoms. The van der Waals surface area contributed by atoms with Crippen molar-refractivity contribution in [2.75, 3.05) is 0 Å². The van der Waals surface area contributed by atoms with Crippen LogP contribution in [0.5, 0.6) is 0 Å². The van der Waals surface area contributed by atoms with Crippen molar-refractivity contribution in [2.45, 2.75) is 13.8 Å². The molecule has 0 atom stereocenters. The number of rotatable bonds is 2. The van der Waals surface area contributed by atoms with Crippen LogP contribution in [0.25, 0.3) is 0 Å². The first kappa shape index (κ1) is 13.1. The number of aromatic nitrogens is 2. The fourth-order valence-electron chi connectivity index (χ4n) is 1.97. The van der Waals surface area contributed by atoms with Crippen molar-refractivity contribution in [1.29, 1.82) is 0 Å². The molecule has 0 saturated carbocycles. The molecule has 0 radical (unpaired) electrons. The van der Waals surface area contributed by atoms with Gasteiger partial charge in [-0.15, -0.1) is 0 Å². The number of hydrogen-bond acceptors (Lipinski definition) is 4. The summed E-state index contributed by atoms with van der Waals surface area (Å²) in [6.07, 6.45) is 1.26. The fraction of sp³-hybridized carbons (Fsp3) is 0.308. The van der Waals surface area contributed by atoms with Gasteiger partial charge in [-0.1, -0.05) is 0 Å². The van der Waals surface area contributed by atoms with E-state index >= 15 is 0 Å². The Bertz CT molecular complexity index is 777. The molecule has 100 valence electrons. The molecule has 0 N–H and O–H groups in total. The maximum Gasteiger partial charge on any atom is 0.330 e. The first-order valence-electron chi connectivity index (χ1n) is 5.71. The molecule has 6 heteroatoms. The molecular formula is C13H14N2O4. The molecule has 0 amide bonds. The largest absolute Gasteiger partial charge is 0.466 e. The van der Waals surface area contributed by atoms with E-state index in [2.05, 4.69) is 0 Å². The Labute approximate surface area is 108 Å². The number of carbonyl (C=O) groups excluding carboxylic acids is 1. The van der Waals surface area contributed by atoms with Crippen LogP contribution in [-0.4, -0.2) is 14.9 Å². The highest BCUT2D eigenvalue weighted by atomic mass is 16.3. The van der Waals surface area contributed by atoms with Crippen LogP contribution in [0.1, 0.15) is 27.4 Å². The number of carbonyl (C=O) groups is 1. The van der Waals surface area contributed by atoms with Gasteiger partial charge in [-0.25, -0.2) is 4.79 Å². The topological polar surface area (TPSA) is 74.2 Å². The zero-order chi connectivity index (χ0) is 14.3. The van der Waals surface area contributed by atoms with E-state index in [1.165, 1.54) is 24.9 Å². The van der Waals surface area contributed by atoms with Crippen LogP contribution in [0.2, 0.25) is 0 Å². The summed E-state index contributed by atoms with van der Waals surface area (Å²) in [5, 5.41) is 0. The summed E-state index contributed by atoms with van der Waals surface area (Å²) in [5.74, 6) is 0.617. The minimum atomic E-state index is -0.605. The predicted molar refractivity (Wildman–Crippen MR) is 68.5 cm³/mol. The standard InChI is InChI=1S/C13H14N2O4/c1-7-5-9(8(2)19-7)11(16)10-6-14(3)13(18)15(4)12(10)17/h5-6H,1-4H3. The van der Waals surface area contributed by atoms with Gasteiger partial charge in [-0.05, 0) is 19.9 Å². The maximum atomic E-state index is 12.3. The third-order valence-electron chi connectivity index (χ3n) is 2.98. The summed E-state index contributed by atoms with van der Waals surface area (Å²) in [5.41, 5.74) is -0.783. The molecule has 0 aliphatic carbocycles. The van der Waals surface area contributed by atoms with E-state index in [0.717, 1.165) is 4.57 Å². The van der Waals surface area contributed by atoms with Crippen LogP contribution < -0.4 is 11.2 Å². The van der Waals surface area contributed by atoms with Crippen LogP contribution in [0.15, 0.2) is 26.3 Å².